The summed E-state index contributed by atoms with van der Waals surface area (Å²) < 4.78 is 37.9. The van der Waals surface area contributed by atoms with Gasteiger partial charge in [-0.2, -0.15) is 0 Å². The molecular formula is C24H26N2O5S. The van der Waals surface area contributed by atoms with Crippen molar-refractivity contribution in [1.29, 1.82) is 0 Å². The Morgan fingerprint density at radius 3 is 2.34 bits per heavy atom. The minimum absolute atomic E-state index is 0.0936. The number of para-hydroxylation sites is 2. The smallest absolute Gasteiger partial charge is 0.264 e. The Kier molecular flexibility index (Phi) is 7.37. The van der Waals surface area contributed by atoms with E-state index in [1.54, 1.807) is 56.7 Å². The SMILES string of the molecule is COc1cccc(CCC(=O)Nc2cccc(S(=O)(=O)N(C)c3ccccc3)c2)c1OC. The van der Waals surface area contributed by atoms with E-state index >= 15 is 0 Å². The second-order valence-electron chi connectivity index (χ2n) is 7.04. The van der Waals surface area contributed by atoms with Crippen molar-refractivity contribution in [2.75, 3.05) is 30.9 Å². The molecule has 0 atom stereocenters. The van der Waals surface area contributed by atoms with Crippen LogP contribution in [-0.2, 0) is 21.2 Å². The van der Waals surface area contributed by atoms with Gasteiger partial charge in [0.15, 0.2) is 11.5 Å². The number of sulfonamides is 1. The molecule has 0 saturated heterocycles. The number of nitrogens with one attached hydrogen (secondary N) is 1. The maximum atomic E-state index is 13.0. The Morgan fingerprint density at radius 2 is 1.66 bits per heavy atom. The van der Waals surface area contributed by atoms with E-state index < -0.39 is 10.0 Å². The number of hydrogen-bond donors (Lipinski definition) is 1. The van der Waals surface area contributed by atoms with Crippen molar-refractivity contribution in [1.82, 2.24) is 0 Å². The van der Waals surface area contributed by atoms with E-state index in [1.807, 2.05) is 18.2 Å². The number of hydrogen-bond acceptors (Lipinski definition) is 5. The Morgan fingerprint density at radius 1 is 0.938 bits per heavy atom. The van der Waals surface area contributed by atoms with E-state index in [-0.39, 0.29) is 17.2 Å². The Hall–Kier alpha value is -3.52. The van der Waals surface area contributed by atoms with Crippen LogP contribution >= 0.6 is 0 Å². The molecule has 0 aliphatic carbocycles. The van der Waals surface area contributed by atoms with Gasteiger partial charge in [-0.25, -0.2) is 8.42 Å². The Labute approximate surface area is 188 Å². The third-order valence-electron chi connectivity index (χ3n) is 5.00. The summed E-state index contributed by atoms with van der Waals surface area (Å²) in [7, 11) is 0.842. The third-order valence-corrected chi connectivity index (χ3v) is 6.78. The zero-order valence-corrected chi connectivity index (χ0v) is 19.1. The van der Waals surface area contributed by atoms with Crippen molar-refractivity contribution in [2.24, 2.45) is 0 Å². The van der Waals surface area contributed by atoms with E-state index in [2.05, 4.69) is 5.32 Å². The normalized spacial score (nSPS) is 11.0. The third kappa shape index (κ3) is 5.20. The van der Waals surface area contributed by atoms with Gasteiger partial charge in [-0.1, -0.05) is 36.4 Å². The van der Waals surface area contributed by atoms with E-state index in [0.717, 1.165) is 5.56 Å². The van der Waals surface area contributed by atoms with Gasteiger partial charge in [-0.05, 0) is 48.4 Å². The molecule has 168 valence electrons. The van der Waals surface area contributed by atoms with E-state index in [4.69, 9.17) is 9.47 Å². The summed E-state index contributed by atoms with van der Waals surface area (Å²) >= 11 is 0. The van der Waals surface area contributed by atoms with Crippen molar-refractivity contribution < 1.29 is 22.7 Å². The number of anilines is 2. The average Bonchev–Trinajstić information content (AvgIpc) is 2.82. The number of aryl methyl sites for hydroxylation is 1. The number of carbonyl (C=O) groups is 1. The fourth-order valence-electron chi connectivity index (χ4n) is 3.29. The molecule has 0 aliphatic rings. The minimum Gasteiger partial charge on any atom is -0.493 e. The molecule has 0 bridgehead atoms. The lowest BCUT2D eigenvalue weighted by molar-refractivity contribution is -0.116. The molecule has 1 N–H and O–H groups in total. The molecule has 0 unspecified atom stereocenters. The first-order valence-electron chi connectivity index (χ1n) is 10.0. The highest BCUT2D eigenvalue weighted by atomic mass is 32.2. The highest BCUT2D eigenvalue weighted by molar-refractivity contribution is 7.92. The molecule has 0 aromatic heterocycles. The van der Waals surface area contributed by atoms with Gasteiger partial charge in [0.2, 0.25) is 5.91 Å². The number of benzene rings is 3. The van der Waals surface area contributed by atoms with Crippen LogP contribution in [0.1, 0.15) is 12.0 Å². The van der Waals surface area contributed by atoms with Gasteiger partial charge in [-0.15, -0.1) is 0 Å². The standard InChI is InChI=1S/C24H26N2O5S/c1-26(20-11-5-4-6-12-20)32(28,29)21-13-8-10-19(17-21)25-23(27)16-15-18-9-7-14-22(30-2)24(18)31-3/h4-14,17H,15-16H2,1-3H3,(H,25,27). The van der Waals surface area contributed by atoms with Crippen LogP contribution in [0.2, 0.25) is 0 Å². The number of ether oxygens (including phenoxy) is 2. The molecule has 32 heavy (non-hydrogen) atoms. The molecule has 1 amide bonds. The van der Waals surface area contributed by atoms with Gasteiger partial charge in [-0.3, -0.25) is 9.10 Å². The van der Waals surface area contributed by atoms with Crippen molar-refractivity contribution >= 4 is 27.3 Å². The predicted octanol–water partition coefficient (Wildman–Crippen LogP) is 4.10. The zero-order chi connectivity index (χ0) is 23.1. The van der Waals surface area contributed by atoms with E-state index in [0.29, 0.717) is 29.3 Å². The fraction of sp³-hybridized carbons (Fsp3) is 0.208. The van der Waals surface area contributed by atoms with Gasteiger partial charge in [0.05, 0.1) is 24.8 Å². The lowest BCUT2D eigenvalue weighted by atomic mass is 10.1. The Bertz CT molecular complexity index is 1180. The summed E-state index contributed by atoms with van der Waals surface area (Å²) in [5, 5.41) is 2.78. The maximum Gasteiger partial charge on any atom is 0.264 e. The highest BCUT2D eigenvalue weighted by Crippen LogP contribution is 2.31. The summed E-state index contributed by atoms with van der Waals surface area (Å²) in [6.07, 6.45) is 0.644. The first-order valence-corrected chi connectivity index (χ1v) is 11.4. The van der Waals surface area contributed by atoms with Crippen molar-refractivity contribution in [3.8, 4) is 11.5 Å². The fourth-order valence-corrected chi connectivity index (χ4v) is 4.53. The monoisotopic (exact) mass is 454 g/mol. The molecule has 7 nitrogen and oxygen atoms in total. The number of rotatable bonds is 9. The molecule has 0 heterocycles. The molecular weight excluding hydrogens is 428 g/mol. The quantitative estimate of drug-likeness (QED) is 0.526. The highest BCUT2D eigenvalue weighted by Gasteiger charge is 2.21. The molecule has 8 heteroatoms. The van der Waals surface area contributed by atoms with Crippen LogP contribution in [0.3, 0.4) is 0 Å². The molecule has 0 radical (unpaired) electrons. The summed E-state index contributed by atoms with van der Waals surface area (Å²) in [6, 6.07) is 20.5. The molecule has 0 saturated carbocycles. The Balaban J connectivity index is 1.70. The van der Waals surface area contributed by atoms with Crippen LogP contribution in [-0.4, -0.2) is 35.6 Å². The zero-order valence-electron chi connectivity index (χ0n) is 18.2. The van der Waals surface area contributed by atoms with Crippen LogP contribution in [0, 0.1) is 0 Å². The molecule has 0 fully saturated rings. The van der Waals surface area contributed by atoms with Crippen molar-refractivity contribution in [3.63, 3.8) is 0 Å². The topological polar surface area (TPSA) is 84.9 Å². The van der Waals surface area contributed by atoms with E-state index in [9.17, 15) is 13.2 Å². The predicted molar refractivity (Wildman–Crippen MR) is 125 cm³/mol. The van der Waals surface area contributed by atoms with Gasteiger partial charge in [0.25, 0.3) is 10.0 Å². The summed E-state index contributed by atoms with van der Waals surface area (Å²) in [4.78, 5) is 12.6. The van der Waals surface area contributed by atoms with Gasteiger partial charge in [0.1, 0.15) is 0 Å². The van der Waals surface area contributed by atoms with Crippen LogP contribution in [0.4, 0.5) is 11.4 Å². The minimum atomic E-state index is -3.77. The van der Waals surface area contributed by atoms with Crippen LogP contribution in [0.5, 0.6) is 11.5 Å². The summed E-state index contributed by atoms with van der Waals surface area (Å²) in [5.74, 6) is 0.964. The van der Waals surface area contributed by atoms with Gasteiger partial charge < -0.3 is 14.8 Å². The van der Waals surface area contributed by atoms with Crippen LogP contribution in [0.25, 0.3) is 0 Å². The maximum absolute atomic E-state index is 13.0. The van der Waals surface area contributed by atoms with Crippen LogP contribution < -0.4 is 19.1 Å². The summed E-state index contributed by atoms with van der Waals surface area (Å²) in [6.45, 7) is 0. The second-order valence-corrected chi connectivity index (χ2v) is 9.01. The second kappa shape index (κ2) is 10.2. The number of carbonyl (C=O) groups excluding carboxylic acids is 1. The molecule has 3 aromatic rings. The molecule has 0 spiro atoms. The lowest BCUT2D eigenvalue weighted by Gasteiger charge is -2.20. The van der Waals surface area contributed by atoms with Gasteiger partial charge in [0, 0.05) is 19.2 Å². The van der Waals surface area contributed by atoms with Gasteiger partial charge >= 0.3 is 0 Å². The van der Waals surface area contributed by atoms with Crippen molar-refractivity contribution in [3.05, 3.63) is 78.4 Å². The number of amides is 1. The summed E-state index contributed by atoms with van der Waals surface area (Å²) in [5.41, 5.74) is 1.81. The molecule has 3 aromatic carbocycles. The first-order chi connectivity index (χ1) is 15.4. The van der Waals surface area contributed by atoms with E-state index in [1.165, 1.54) is 23.5 Å². The number of nitrogens with zero attached hydrogens (tertiary/aromatic N) is 1. The van der Waals surface area contributed by atoms with Crippen molar-refractivity contribution in [2.45, 2.75) is 17.7 Å². The molecule has 0 aliphatic heterocycles. The molecule has 3 rings (SSSR count). The lowest BCUT2D eigenvalue weighted by Crippen LogP contribution is -2.26. The largest absolute Gasteiger partial charge is 0.493 e. The average molecular weight is 455 g/mol. The van der Waals surface area contributed by atoms with Crippen LogP contribution in [0.15, 0.2) is 77.7 Å². The number of methoxy groups -OCH3 is 2. The first kappa shape index (κ1) is 23.1.